The highest BCUT2D eigenvalue weighted by Gasteiger charge is 2.36. The highest BCUT2D eigenvalue weighted by Crippen LogP contribution is 2.51. The number of hydrogen-bond donors (Lipinski definition) is 0. The van der Waals surface area contributed by atoms with Gasteiger partial charge in [-0.1, -0.05) is 17.4 Å². The number of carbonyl (C=O) groups is 2. The molecule has 1 saturated heterocycles. The summed E-state index contributed by atoms with van der Waals surface area (Å²) in [6.07, 6.45) is 10.5. The summed E-state index contributed by atoms with van der Waals surface area (Å²) in [5.41, 5.74) is 12.0. The lowest BCUT2D eigenvalue weighted by Crippen LogP contribution is -2.36. The van der Waals surface area contributed by atoms with Crippen LogP contribution in [0.3, 0.4) is 0 Å². The lowest BCUT2D eigenvalue weighted by Gasteiger charge is -2.30. The molecular weight excluding hydrogens is 970 g/mol. The standard InChI is InChI=1S/C31H32N2O3S.C29H30FN3O3S/c1-17-16-22-29(37-30(33-22)20-8-6-7-9-20)26(24(17)28(18(2)34)36-31(3,4)5)21-10-11-23-25-19(13-15-35-23)12-14-32-27(21)25;1-15-20(26(16(2)34)36-29(3,4)5)22(27-25(23(15)30)32-28(37-27)33-12-6-13-33)18-7-8-19-21-17(10-14-35-19)9-11-31-24(18)21/h8,10-12,14,16,28H,6-7,9,13,15H2,1-5H3;7-9,11,26H,6,10,12-14H2,1-5H3/t28-;26-/m11/s1. The first kappa shape index (κ1) is 50.0. The average molecular weight is 1030 g/mol. The summed E-state index contributed by atoms with van der Waals surface area (Å²) in [6, 6.07) is 14.3. The first-order valence-corrected chi connectivity index (χ1v) is 27.4. The number of ketones is 2. The van der Waals surface area contributed by atoms with Crippen molar-refractivity contribution in [3.8, 4) is 33.8 Å². The molecule has 2 atom stereocenters. The van der Waals surface area contributed by atoms with Crippen molar-refractivity contribution >= 4 is 87.2 Å². The Labute approximate surface area is 439 Å². The first-order chi connectivity index (χ1) is 35.3. The molecule has 0 amide bonds. The molecule has 4 aromatic carbocycles. The molecule has 8 aromatic rings. The van der Waals surface area contributed by atoms with Gasteiger partial charge in [-0.3, -0.25) is 19.6 Å². The molecule has 7 heterocycles. The Morgan fingerprint density at radius 1 is 0.703 bits per heavy atom. The first-order valence-electron chi connectivity index (χ1n) is 25.8. The van der Waals surface area contributed by atoms with Crippen LogP contribution in [-0.2, 0) is 31.9 Å². The van der Waals surface area contributed by atoms with Crippen molar-refractivity contribution in [1.82, 2.24) is 19.9 Å². The summed E-state index contributed by atoms with van der Waals surface area (Å²) >= 11 is 3.19. The molecule has 3 aliphatic heterocycles. The molecule has 0 spiro atoms. The second-order valence-electron chi connectivity index (χ2n) is 22.0. The fraction of sp³-hybridized carbons (Fsp3) is 0.400. The van der Waals surface area contributed by atoms with Crippen LogP contribution in [0, 0.1) is 19.7 Å². The molecule has 0 saturated carbocycles. The fourth-order valence-electron chi connectivity index (χ4n) is 10.9. The van der Waals surface area contributed by atoms with E-state index in [4.69, 9.17) is 38.9 Å². The number of nitrogens with zero attached hydrogens (tertiary/aromatic N) is 5. The monoisotopic (exact) mass is 1030 g/mol. The molecule has 1 aliphatic carbocycles. The van der Waals surface area contributed by atoms with Crippen LogP contribution in [0.25, 0.3) is 70.1 Å². The van der Waals surface area contributed by atoms with E-state index in [1.807, 2.05) is 72.1 Å². The van der Waals surface area contributed by atoms with Crippen LogP contribution >= 0.6 is 22.7 Å². The number of allylic oxidation sites excluding steroid dienone is 2. The van der Waals surface area contributed by atoms with Gasteiger partial charge in [0.1, 0.15) is 34.2 Å². The maximum absolute atomic E-state index is 16.0. The van der Waals surface area contributed by atoms with E-state index in [1.54, 1.807) is 25.2 Å². The minimum atomic E-state index is -0.939. The summed E-state index contributed by atoms with van der Waals surface area (Å²) in [5.74, 6) is 1.07. The van der Waals surface area contributed by atoms with Gasteiger partial charge in [0.25, 0.3) is 0 Å². The maximum atomic E-state index is 16.0. The van der Waals surface area contributed by atoms with Crippen LogP contribution in [0.2, 0.25) is 0 Å². The number of anilines is 1. The van der Waals surface area contributed by atoms with Crippen LogP contribution in [0.5, 0.6) is 11.5 Å². The number of ether oxygens (including phenoxy) is 4. The number of pyridine rings is 2. The van der Waals surface area contributed by atoms with E-state index in [0.717, 1.165) is 132 Å². The number of aryl methyl sites for hydroxylation is 1. The average Bonchev–Trinajstić information content (AvgIpc) is 4.13. The number of fused-ring (bicyclic) bond motifs is 2. The van der Waals surface area contributed by atoms with Gasteiger partial charge in [-0.2, -0.15) is 0 Å². The summed E-state index contributed by atoms with van der Waals surface area (Å²) < 4.78 is 42.6. The summed E-state index contributed by atoms with van der Waals surface area (Å²) in [7, 11) is 0. The number of thiazole rings is 2. The number of rotatable bonds is 10. The van der Waals surface area contributed by atoms with Gasteiger partial charge in [0.15, 0.2) is 22.5 Å². The predicted octanol–water partition coefficient (Wildman–Crippen LogP) is 14.3. The molecule has 382 valence electrons. The summed E-state index contributed by atoms with van der Waals surface area (Å²) in [5, 5.41) is 3.90. The fourth-order valence-corrected chi connectivity index (χ4v) is 13.3. The molecule has 11 nitrogen and oxygen atoms in total. The van der Waals surface area contributed by atoms with E-state index in [-0.39, 0.29) is 11.6 Å². The molecule has 1 fully saturated rings. The third-order valence-corrected chi connectivity index (χ3v) is 16.6. The smallest absolute Gasteiger partial charge is 0.186 e. The van der Waals surface area contributed by atoms with Crippen LogP contribution in [0.1, 0.15) is 132 Å². The van der Waals surface area contributed by atoms with Gasteiger partial charge in [0.2, 0.25) is 0 Å². The molecule has 0 bridgehead atoms. The van der Waals surface area contributed by atoms with Crippen molar-refractivity contribution < 1.29 is 32.9 Å². The van der Waals surface area contributed by atoms with E-state index < -0.39 is 29.2 Å². The minimum Gasteiger partial charge on any atom is -0.493 e. The molecule has 4 aromatic heterocycles. The van der Waals surface area contributed by atoms with Crippen molar-refractivity contribution in [2.75, 3.05) is 31.2 Å². The van der Waals surface area contributed by atoms with Crippen molar-refractivity contribution in [2.45, 2.75) is 131 Å². The SMILES string of the molecule is CC(=O)[C@@H](OC(C)(C)C)c1c(C)c(F)c2nc(N3CCC3)sc2c1-c1ccc2c3c(ccnc13)CCO2.CC(=O)[C@@H](OC(C)(C)C)c1c(C)cc2nc(C3=CCCC3)sc2c1-c1ccc2c3c(ccnc13)CCO2. The van der Waals surface area contributed by atoms with Gasteiger partial charge in [0, 0.05) is 82.5 Å². The Hall–Kier alpha value is -6.19. The second kappa shape index (κ2) is 19.2. The summed E-state index contributed by atoms with van der Waals surface area (Å²) in [6.45, 7) is 21.7. The van der Waals surface area contributed by atoms with E-state index in [9.17, 15) is 9.59 Å². The van der Waals surface area contributed by atoms with Crippen LogP contribution < -0.4 is 14.4 Å². The van der Waals surface area contributed by atoms with Crippen molar-refractivity contribution in [3.05, 3.63) is 105 Å². The second-order valence-corrected chi connectivity index (χ2v) is 23.9. The Kier molecular flexibility index (Phi) is 13.0. The van der Waals surface area contributed by atoms with Crippen molar-refractivity contribution in [2.24, 2.45) is 0 Å². The normalized spacial score (nSPS) is 16.1. The van der Waals surface area contributed by atoms with Crippen molar-refractivity contribution in [1.29, 1.82) is 0 Å². The minimum absolute atomic E-state index is 0.0131. The highest BCUT2D eigenvalue weighted by atomic mass is 32.1. The number of hydrogen-bond acceptors (Lipinski definition) is 13. The Bertz CT molecular complexity index is 3620. The van der Waals surface area contributed by atoms with Crippen LogP contribution in [0.4, 0.5) is 9.52 Å². The molecular formula is C60H62FN5O6S2. The van der Waals surface area contributed by atoms with Gasteiger partial charge >= 0.3 is 0 Å². The Morgan fingerprint density at radius 3 is 1.78 bits per heavy atom. The number of benzene rings is 4. The predicted molar refractivity (Wildman–Crippen MR) is 296 cm³/mol. The lowest BCUT2D eigenvalue weighted by molar-refractivity contribution is -0.139. The van der Waals surface area contributed by atoms with Gasteiger partial charge in [0.05, 0.1) is 50.4 Å². The number of carbonyl (C=O) groups excluding carboxylic acids is 2. The topological polar surface area (TPSA) is 126 Å². The van der Waals surface area contributed by atoms with Gasteiger partial charge in [-0.05, 0) is 165 Å². The zero-order chi connectivity index (χ0) is 52.0. The van der Waals surface area contributed by atoms with Gasteiger partial charge in [-0.25, -0.2) is 14.4 Å². The molecule has 14 heteroatoms. The lowest BCUT2D eigenvalue weighted by atomic mass is 9.87. The summed E-state index contributed by atoms with van der Waals surface area (Å²) in [4.78, 5) is 47.9. The molecule has 12 rings (SSSR count). The molecule has 74 heavy (non-hydrogen) atoms. The van der Waals surface area contributed by atoms with Crippen molar-refractivity contribution in [3.63, 3.8) is 0 Å². The Morgan fingerprint density at radius 2 is 1.27 bits per heavy atom. The van der Waals surface area contributed by atoms with E-state index in [2.05, 4.69) is 42.2 Å². The molecule has 4 aliphatic rings. The third-order valence-electron chi connectivity index (χ3n) is 14.3. The van der Waals surface area contributed by atoms with Gasteiger partial charge < -0.3 is 23.8 Å². The molecule has 0 N–H and O–H groups in total. The maximum Gasteiger partial charge on any atom is 0.186 e. The van der Waals surface area contributed by atoms with E-state index >= 15 is 4.39 Å². The largest absolute Gasteiger partial charge is 0.493 e. The molecule has 0 unspecified atom stereocenters. The van der Waals surface area contributed by atoms with Gasteiger partial charge in [-0.15, -0.1) is 11.3 Å². The van der Waals surface area contributed by atoms with E-state index in [1.165, 1.54) is 41.4 Å². The Balaban J connectivity index is 0.000000159. The zero-order valence-electron chi connectivity index (χ0n) is 43.9. The quantitative estimate of drug-likeness (QED) is 0.130. The number of aromatic nitrogens is 4. The number of Topliss-reactive ketones (excluding diaryl/α,β-unsaturated/α-hetero) is 2. The third kappa shape index (κ3) is 9.05. The number of halogens is 1. The molecule has 0 radical (unpaired) electrons. The van der Waals surface area contributed by atoms with Crippen LogP contribution in [0.15, 0.2) is 60.9 Å². The van der Waals surface area contributed by atoms with Crippen LogP contribution in [-0.4, -0.2) is 69.0 Å². The highest BCUT2D eigenvalue weighted by molar-refractivity contribution is 7.22. The zero-order valence-corrected chi connectivity index (χ0v) is 45.5. The van der Waals surface area contributed by atoms with E-state index in [0.29, 0.717) is 34.6 Å².